The van der Waals surface area contributed by atoms with Gasteiger partial charge in [0.25, 0.3) is 5.91 Å². The molecule has 106 valence electrons. The number of piperidine rings is 1. The summed E-state index contributed by atoms with van der Waals surface area (Å²) in [6.45, 7) is 2.68. The van der Waals surface area contributed by atoms with Gasteiger partial charge in [-0.15, -0.1) is 11.3 Å². The first-order valence-electron chi connectivity index (χ1n) is 6.66. The molecule has 20 heavy (non-hydrogen) atoms. The molecule has 0 aromatic carbocycles. The number of aromatic amines is 2. The van der Waals surface area contributed by atoms with E-state index in [9.17, 15) is 9.59 Å². The lowest BCUT2D eigenvalue weighted by molar-refractivity contribution is 0.0605. The van der Waals surface area contributed by atoms with Crippen molar-refractivity contribution in [3.63, 3.8) is 0 Å². The van der Waals surface area contributed by atoms with Crippen LogP contribution in [0.2, 0.25) is 0 Å². The fraction of sp³-hybridized carbons (Fsp3) is 0.462. The van der Waals surface area contributed by atoms with Crippen molar-refractivity contribution in [2.24, 2.45) is 0 Å². The van der Waals surface area contributed by atoms with Gasteiger partial charge < -0.3 is 4.90 Å². The molecule has 0 bridgehead atoms. The Morgan fingerprint density at radius 3 is 3.00 bits per heavy atom. The summed E-state index contributed by atoms with van der Waals surface area (Å²) < 4.78 is 0. The molecular weight excluding hydrogens is 276 g/mol. The summed E-state index contributed by atoms with van der Waals surface area (Å²) in [4.78, 5) is 29.1. The van der Waals surface area contributed by atoms with Crippen LogP contribution >= 0.6 is 11.3 Å². The van der Waals surface area contributed by atoms with E-state index in [1.807, 2.05) is 23.3 Å². The predicted octanol–water partition coefficient (Wildman–Crippen LogP) is 1.84. The minimum Gasteiger partial charge on any atom is -0.328 e. The van der Waals surface area contributed by atoms with Crippen molar-refractivity contribution < 1.29 is 4.79 Å². The normalized spacial score (nSPS) is 19.2. The van der Waals surface area contributed by atoms with Gasteiger partial charge in [-0.25, -0.2) is 9.89 Å². The third-order valence-electron chi connectivity index (χ3n) is 3.54. The summed E-state index contributed by atoms with van der Waals surface area (Å²) in [5.74, 6) is 0.577. The molecule has 6 nitrogen and oxygen atoms in total. The Morgan fingerprint density at radius 2 is 2.35 bits per heavy atom. The van der Waals surface area contributed by atoms with Gasteiger partial charge in [-0.1, -0.05) is 0 Å². The van der Waals surface area contributed by atoms with E-state index in [0.717, 1.165) is 29.7 Å². The molecule has 1 fully saturated rings. The third kappa shape index (κ3) is 2.40. The van der Waals surface area contributed by atoms with Gasteiger partial charge in [-0.3, -0.25) is 9.78 Å². The number of likely N-dealkylation sites (tertiary alicyclic amines) is 1. The maximum absolute atomic E-state index is 12.6. The summed E-state index contributed by atoms with van der Waals surface area (Å²) in [7, 11) is 0. The lowest BCUT2D eigenvalue weighted by Crippen LogP contribution is -2.38. The Balaban J connectivity index is 1.89. The first-order valence-corrected chi connectivity index (χ1v) is 7.54. The van der Waals surface area contributed by atoms with Crippen LogP contribution in [0.15, 0.2) is 16.2 Å². The number of rotatable bonds is 2. The lowest BCUT2D eigenvalue weighted by atomic mass is 10.0. The van der Waals surface area contributed by atoms with E-state index in [2.05, 4.69) is 15.2 Å². The van der Waals surface area contributed by atoms with Gasteiger partial charge in [0.1, 0.15) is 0 Å². The quantitative estimate of drug-likeness (QED) is 0.886. The van der Waals surface area contributed by atoms with Crippen molar-refractivity contribution in [2.75, 3.05) is 6.54 Å². The Hall–Kier alpha value is -1.89. The second-order valence-electron chi connectivity index (χ2n) is 5.06. The second kappa shape index (κ2) is 5.24. The number of aryl methyl sites for hydroxylation is 1. The molecule has 1 amide bonds. The molecule has 7 heteroatoms. The van der Waals surface area contributed by atoms with E-state index in [0.29, 0.717) is 12.4 Å². The van der Waals surface area contributed by atoms with Crippen LogP contribution < -0.4 is 5.69 Å². The van der Waals surface area contributed by atoms with Crippen LogP contribution in [0, 0.1) is 6.92 Å². The highest BCUT2D eigenvalue weighted by atomic mass is 32.1. The average molecular weight is 292 g/mol. The Labute approximate surface area is 119 Å². The monoisotopic (exact) mass is 292 g/mol. The molecule has 0 unspecified atom stereocenters. The van der Waals surface area contributed by atoms with Gasteiger partial charge in [0.2, 0.25) is 0 Å². The minimum absolute atomic E-state index is 0.0247. The summed E-state index contributed by atoms with van der Waals surface area (Å²) in [6, 6.07) is 1.77. The highest BCUT2D eigenvalue weighted by molar-refractivity contribution is 7.12. The number of hydrogen-bond acceptors (Lipinski definition) is 4. The summed E-state index contributed by atoms with van der Waals surface area (Å²) in [6.07, 6.45) is 2.85. The van der Waals surface area contributed by atoms with E-state index in [4.69, 9.17) is 0 Å². The fourth-order valence-corrected chi connectivity index (χ4v) is 3.44. The van der Waals surface area contributed by atoms with E-state index in [1.54, 1.807) is 0 Å². The van der Waals surface area contributed by atoms with Crippen molar-refractivity contribution >= 4 is 17.2 Å². The van der Waals surface area contributed by atoms with E-state index in [-0.39, 0.29) is 17.6 Å². The highest BCUT2D eigenvalue weighted by Crippen LogP contribution is 2.30. The first-order chi connectivity index (χ1) is 9.65. The van der Waals surface area contributed by atoms with Gasteiger partial charge in [-0.05, 0) is 43.2 Å². The Kier molecular flexibility index (Phi) is 3.43. The van der Waals surface area contributed by atoms with Crippen LogP contribution in [-0.4, -0.2) is 32.5 Å². The summed E-state index contributed by atoms with van der Waals surface area (Å²) in [5.41, 5.74) is 0.769. The number of nitrogens with zero attached hydrogens (tertiary/aromatic N) is 2. The molecular formula is C13H16N4O2S. The van der Waals surface area contributed by atoms with Crippen molar-refractivity contribution in [3.8, 4) is 0 Å². The topological polar surface area (TPSA) is 81.8 Å². The molecule has 1 saturated heterocycles. The molecule has 2 aromatic rings. The number of carbonyl (C=O) groups excluding carboxylic acids is 1. The zero-order valence-electron chi connectivity index (χ0n) is 11.2. The number of amides is 1. The highest BCUT2D eigenvalue weighted by Gasteiger charge is 2.31. The van der Waals surface area contributed by atoms with Crippen LogP contribution in [0.1, 0.15) is 46.4 Å². The van der Waals surface area contributed by atoms with Crippen molar-refractivity contribution in [2.45, 2.75) is 32.2 Å². The maximum atomic E-state index is 12.6. The van der Waals surface area contributed by atoms with Crippen molar-refractivity contribution in [3.05, 3.63) is 38.2 Å². The van der Waals surface area contributed by atoms with E-state index in [1.165, 1.54) is 11.3 Å². The van der Waals surface area contributed by atoms with Crippen LogP contribution in [-0.2, 0) is 0 Å². The van der Waals surface area contributed by atoms with Gasteiger partial charge in [0.05, 0.1) is 10.9 Å². The maximum Gasteiger partial charge on any atom is 0.340 e. The Bertz CT molecular complexity index is 672. The number of hydrogen-bond donors (Lipinski definition) is 2. The van der Waals surface area contributed by atoms with Gasteiger partial charge in [0, 0.05) is 6.54 Å². The number of aromatic nitrogens is 3. The Morgan fingerprint density at radius 1 is 1.50 bits per heavy atom. The lowest BCUT2D eigenvalue weighted by Gasteiger charge is -2.33. The molecule has 0 aliphatic carbocycles. The number of H-pyrrole nitrogens is 2. The fourth-order valence-electron chi connectivity index (χ4n) is 2.58. The molecule has 2 N–H and O–H groups in total. The number of nitrogens with one attached hydrogen (secondary N) is 2. The van der Waals surface area contributed by atoms with Crippen molar-refractivity contribution in [1.29, 1.82) is 0 Å². The molecule has 3 heterocycles. The largest absolute Gasteiger partial charge is 0.340 e. The number of carbonyl (C=O) groups is 1. The van der Waals surface area contributed by atoms with Gasteiger partial charge in [0.15, 0.2) is 5.82 Å². The van der Waals surface area contributed by atoms with Crippen LogP contribution in [0.3, 0.4) is 0 Å². The third-order valence-corrected chi connectivity index (χ3v) is 4.58. The number of thiophene rings is 1. The molecule has 1 aliphatic heterocycles. The van der Waals surface area contributed by atoms with Crippen LogP contribution in [0.25, 0.3) is 0 Å². The van der Waals surface area contributed by atoms with Gasteiger partial charge >= 0.3 is 5.69 Å². The molecule has 0 radical (unpaired) electrons. The molecule has 0 saturated carbocycles. The summed E-state index contributed by atoms with van der Waals surface area (Å²) in [5, 5.41) is 8.34. The zero-order chi connectivity index (χ0) is 14.1. The predicted molar refractivity (Wildman–Crippen MR) is 75.9 cm³/mol. The zero-order valence-corrected chi connectivity index (χ0v) is 12.0. The van der Waals surface area contributed by atoms with E-state index >= 15 is 0 Å². The average Bonchev–Trinajstić information content (AvgIpc) is 3.07. The molecule has 2 aromatic heterocycles. The SMILES string of the molecule is Cc1csc(C(=O)N2CCCC[C@@H]2c2n[nH]c(=O)[nH]2)c1. The van der Waals surface area contributed by atoms with Gasteiger partial charge in [-0.2, -0.15) is 5.10 Å². The second-order valence-corrected chi connectivity index (χ2v) is 5.97. The smallest absolute Gasteiger partial charge is 0.328 e. The molecule has 0 spiro atoms. The molecule has 1 aliphatic rings. The first kappa shape index (κ1) is 13.1. The van der Waals surface area contributed by atoms with E-state index < -0.39 is 0 Å². The molecule has 3 rings (SSSR count). The van der Waals surface area contributed by atoms with Crippen LogP contribution in [0.5, 0.6) is 0 Å². The molecule has 1 atom stereocenters. The minimum atomic E-state index is -0.329. The van der Waals surface area contributed by atoms with Crippen LogP contribution in [0.4, 0.5) is 0 Å². The summed E-state index contributed by atoms with van der Waals surface area (Å²) >= 11 is 1.46. The standard InChI is InChI=1S/C13H16N4O2S/c1-8-6-10(20-7-8)12(18)17-5-3-2-4-9(17)11-14-13(19)16-15-11/h6-7,9H,2-5H2,1H3,(H2,14,15,16,19)/t9-/m1/s1. The van der Waals surface area contributed by atoms with Crippen molar-refractivity contribution in [1.82, 2.24) is 20.1 Å².